The highest BCUT2D eigenvalue weighted by molar-refractivity contribution is 5.87. The summed E-state index contributed by atoms with van der Waals surface area (Å²) in [5.41, 5.74) is 1.59. The maximum atomic E-state index is 10.6. The summed E-state index contributed by atoms with van der Waals surface area (Å²) in [7, 11) is 0. The molecule has 0 unspecified atom stereocenters. The zero-order valence-corrected chi connectivity index (χ0v) is 9.36. The highest BCUT2D eigenvalue weighted by Gasteiger charge is 2.01. The van der Waals surface area contributed by atoms with Crippen LogP contribution in [0.1, 0.15) is 42.6 Å². The lowest BCUT2D eigenvalue weighted by Crippen LogP contribution is -1.96. The number of benzene rings is 1. The summed E-state index contributed by atoms with van der Waals surface area (Å²) < 4.78 is 0. The molecule has 0 aliphatic rings. The fraction of sp³-hybridized carbons (Fsp3) is 0.462. The number of hydrogen-bond acceptors (Lipinski definition) is 1. The summed E-state index contributed by atoms with van der Waals surface area (Å²) in [4.78, 5) is 10.6. The lowest BCUT2D eigenvalue weighted by molar-refractivity contribution is 0.0697. The van der Waals surface area contributed by atoms with Crippen LogP contribution in [-0.4, -0.2) is 11.1 Å². The van der Waals surface area contributed by atoms with Crippen molar-refractivity contribution in [3.63, 3.8) is 0 Å². The number of aromatic carboxylic acids is 1. The number of carboxylic acids is 1. The van der Waals surface area contributed by atoms with Crippen LogP contribution in [0, 0.1) is 5.92 Å². The lowest BCUT2D eigenvalue weighted by atomic mass is 10.0. The van der Waals surface area contributed by atoms with Gasteiger partial charge in [0.2, 0.25) is 0 Å². The maximum Gasteiger partial charge on any atom is 0.335 e. The van der Waals surface area contributed by atoms with E-state index in [4.69, 9.17) is 5.11 Å². The minimum atomic E-state index is -0.858. The number of rotatable bonds is 5. The summed E-state index contributed by atoms with van der Waals surface area (Å²) in [6, 6.07) is 7.16. The Bertz CT molecular complexity index is 312. The van der Waals surface area contributed by atoms with E-state index in [0.29, 0.717) is 5.56 Å². The molecular weight excluding hydrogens is 188 g/mol. The van der Waals surface area contributed by atoms with Crippen molar-refractivity contribution in [1.29, 1.82) is 0 Å². The van der Waals surface area contributed by atoms with Crippen molar-refractivity contribution in [3.8, 4) is 0 Å². The Morgan fingerprint density at radius 1 is 1.27 bits per heavy atom. The van der Waals surface area contributed by atoms with E-state index in [1.165, 1.54) is 18.4 Å². The molecule has 0 amide bonds. The normalized spacial score (nSPS) is 10.6. The molecule has 0 atom stereocenters. The zero-order valence-electron chi connectivity index (χ0n) is 9.36. The monoisotopic (exact) mass is 206 g/mol. The van der Waals surface area contributed by atoms with Gasteiger partial charge in [0.05, 0.1) is 5.56 Å². The number of carbonyl (C=O) groups is 1. The van der Waals surface area contributed by atoms with Crippen molar-refractivity contribution in [2.24, 2.45) is 5.92 Å². The van der Waals surface area contributed by atoms with Crippen molar-refractivity contribution < 1.29 is 9.90 Å². The van der Waals surface area contributed by atoms with Crippen LogP contribution < -0.4 is 0 Å². The van der Waals surface area contributed by atoms with Crippen LogP contribution in [-0.2, 0) is 6.42 Å². The summed E-state index contributed by atoms with van der Waals surface area (Å²) >= 11 is 0. The van der Waals surface area contributed by atoms with E-state index in [-0.39, 0.29) is 0 Å². The third-order valence-electron chi connectivity index (χ3n) is 2.45. The molecule has 2 nitrogen and oxygen atoms in total. The molecule has 0 saturated carbocycles. The zero-order chi connectivity index (χ0) is 11.3. The van der Waals surface area contributed by atoms with E-state index >= 15 is 0 Å². The van der Waals surface area contributed by atoms with E-state index in [1.807, 2.05) is 12.1 Å². The van der Waals surface area contributed by atoms with Crippen LogP contribution in [0.4, 0.5) is 0 Å². The predicted molar refractivity (Wildman–Crippen MR) is 61.2 cm³/mol. The van der Waals surface area contributed by atoms with Crippen LogP contribution in [0.5, 0.6) is 0 Å². The van der Waals surface area contributed by atoms with E-state index in [1.54, 1.807) is 12.1 Å². The molecular formula is C13H18O2. The Labute approximate surface area is 90.9 Å². The largest absolute Gasteiger partial charge is 0.478 e. The first-order chi connectivity index (χ1) is 7.09. The summed E-state index contributed by atoms with van der Waals surface area (Å²) in [6.45, 7) is 4.43. The van der Waals surface area contributed by atoms with Gasteiger partial charge in [0.1, 0.15) is 0 Å². The Morgan fingerprint density at radius 2 is 1.87 bits per heavy atom. The third-order valence-corrected chi connectivity index (χ3v) is 2.45. The fourth-order valence-electron chi connectivity index (χ4n) is 1.53. The Hall–Kier alpha value is -1.31. The highest BCUT2D eigenvalue weighted by Crippen LogP contribution is 2.11. The van der Waals surface area contributed by atoms with Gasteiger partial charge in [-0.3, -0.25) is 0 Å². The van der Waals surface area contributed by atoms with E-state index in [2.05, 4.69) is 13.8 Å². The van der Waals surface area contributed by atoms with Gasteiger partial charge < -0.3 is 5.11 Å². The topological polar surface area (TPSA) is 37.3 Å². The van der Waals surface area contributed by atoms with Crippen molar-refractivity contribution in [3.05, 3.63) is 35.4 Å². The van der Waals surface area contributed by atoms with Gasteiger partial charge in [-0.25, -0.2) is 4.79 Å². The van der Waals surface area contributed by atoms with Crippen LogP contribution >= 0.6 is 0 Å². The van der Waals surface area contributed by atoms with Crippen LogP contribution in [0.2, 0.25) is 0 Å². The molecule has 0 aliphatic heterocycles. The molecule has 82 valence electrons. The van der Waals surface area contributed by atoms with Gasteiger partial charge in [-0.1, -0.05) is 32.4 Å². The Balaban J connectivity index is 2.46. The molecule has 15 heavy (non-hydrogen) atoms. The fourth-order valence-corrected chi connectivity index (χ4v) is 1.53. The molecule has 1 aromatic carbocycles. The van der Waals surface area contributed by atoms with Crippen molar-refractivity contribution in [1.82, 2.24) is 0 Å². The van der Waals surface area contributed by atoms with Crippen molar-refractivity contribution in [2.45, 2.75) is 33.1 Å². The minimum absolute atomic E-state index is 0.364. The summed E-state index contributed by atoms with van der Waals surface area (Å²) in [6.07, 6.45) is 3.43. The number of carboxylic acid groups (broad SMARTS) is 1. The van der Waals surface area contributed by atoms with E-state index < -0.39 is 5.97 Å². The van der Waals surface area contributed by atoms with Crippen molar-refractivity contribution >= 4 is 5.97 Å². The number of aryl methyl sites for hydroxylation is 1. The molecule has 0 radical (unpaired) electrons. The average Bonchev–Trinajstić information content (AvgIpc) is 2.18. The molecule has 0 spiro atoms. The molecule has 1 rings (SSSR count). The standard InChI is InChI=1S/C13H18O2/c1-10(2)4-3-5-11-6-8-12(9-7-11)13(14)15/h6-10H,3-5H2,1-2H3,(H,14,15). The second-order valence-electron chi connectivity index (χ2n) is 4.29. The molecule has 1 N–H and O–H groups in total. The minimum Gasteiger partial charge on any atom is -0.478 e. The van der Waals surface area contributed by atoms with Gasteiger partial charge in [0, 0.05) is 0 Å². The molecule has 1 aromatic rings. The third kappa shape index (κ3) is 4.15. The van der Waals surface area contributed by atoms with Gasteiger partial charge in [-0.05, 0) is 36.5 Å². The van der Waals surface area contributed by atoms with E-state index in [0.717, 1.165) is 12.3 Å². The predicted octanol–water partition coefficient (Wildman–Crippen LogP) is 3.36. The second kappa shape index (κ2) is 5.54. The summed E-state index contributed by atoms with van der Waals surface area (Å²) in [5.74, 6) is -0.118. The van der Waals surface area contributed by atoms with Crippen LogP contribution in [0.3, 0.4) is 0 Å². The first-order valence-corrected chi connectivity index (χ1v) is 5.42. The smallest absolute Gasteiger partial charge is 0.335 e. The molecule has 0 aliphatic carbocycles. The maximum absolute atomic E-state index is 10.6. The van der Waals surface area contributed by atoms with Crippen LogP contribution in [0.15, 0.2) is 24.3 Å². The summed E-state index contributed by atoms with van der Waals surface area (Å²) in [5, 5.41) is 8.72. The van der Waals surface area contributed by atoms with Gasteiger partial charge in [-0.15, -0.1) is 0 Å². The molecule has 2 heteroatoms. The SMILES string of the molecule is CC(C)CCCc1ccc(C(=O)O)cc1. The highest BCUT2D eigenvalue weighted by atomic mass is 16.4. The van der Waals surface area contributed by atoms with Gasteiger partial charge in [0.25, 0.3) is 0 Å². The Morgan fingerprint density at radius 3 is 2.33 bits per heavy atom. The molecule has 0 bridgehead atoms. The quantitative estimate of drug-likeness (QED) is 0.802. The van der Waals surface area contributed by atoms with Crippen LogP contribution in [0.25, 0.3) is 0 Å². The first-order valence-electron chi connectivity index (χ1n) is 5.42. The molecule has 0 aromatic heterocycles. The van der Waals surface area contributed by atoms with Gasteiger partial charge in [-0.2, -0.15) is 0 Å². The molecule has 0 heterocycles. The number of hydrogen-bond donors (Lipinski definition) is 1. The average molecular weight is 206 g/mol. The van der Waals surface area contributed by atoms with E-state index in [9.17, 15) is 4.79 Å². The van der Waals surface area contributed by atoms with Gasteiger partial charge >= 0.3 is 5.97 Å². The van der Waals surface area contributed by atoms with Crippen molar-refractivity contribution in [2.75, 3.05) is 0 Å². The molecule has 0 saturated heterocycles. The first kappa shape index (κ1) is 11.8. The van der Waals surface area contributed by atoms with Gasteiger partial charge in [0.15, 0.2) is 0 Å². The molecule has 0 fully saturated rings. The lowest BCUT2D eigenvalue weighted by Gasteiger charge is -2.04. The second-order valence-corrected chi connectivity index (χ2v) is 4.29. The Kier molecular flexibility index (Phi) is 4.35.